The van der Waals surface area contributed by atoms with Crippen LogP contribution in [0.25, 0.3) is 0 Å². The number of likely N-dealkylation sites (tertiary alicyclic amines) is 1. The number of benzene rings is 2. The molecule has 170 valence electrons. The van der Waals surface area contributed by atoms with Gasteiger partial charge in [-0.1, -0.05) is 12.1 Å². The topological polar surface area (TPSA) is 113 Å². The molecule has 32 heavy (non-hydrogen) atoms. The van der Waals surface area contributed by atoms with Gasteiger partial charge in [0.15, 0.2) is 0 Å². The van der Waals surface area contributed by atoms with Crippen LogP contribution in [0, 0.1) is 5.92 Å². The molecular weight excluding hydrogens is 428 g/mol. The first kappa shape index (κ1) is 22.3. The molecule has 2 amide bonds. The largest absolute Gasteiger partial charge is 0.369 e. The highest BCUT2D eigenvalue weighted by Gasteiger charge is 2.28. The predicted octanol–water partition coefficient (Wildman–Crippen LogP) is 2.18. The van der Waals surface area contributed by atoms with E-state index in [2.05, 4.69) is 10.2 Å². The molecule has 2 fully saturated rings. The Morgan fingerprint density at radius 1 is 1.03 bits per heavy atom. The van der Waals surface area contributed by atoms with Gasteiger partial charge in [0, 0.05) is 30.3 Å². The molecular formula is C23H28N4O4S. The molecule has 0 radical (unpaired) electrons. The molecule has 2 aromatic rings. The standard InChI is InChI=1S/C23H28N4O4S/c24-22(28)18-9-12-26(13-10-18)16-17-3-1-4-20(15-17)25-23(29)19-5-7-21(8-6-19)27-11-2-14-32(27,30)31/h1,3-8,15,18H,2,9-14,16H2,(H2,24,28)(H,25,29). The Hall–Kier alpha value is -2.91. The van der Waals surface area contributed by atoms with E-state index < -0.39 is 10.0 Å². The zero-order valence-electron chi connectivity index (χ0n) is 17.9. The molecule has 9 heteroatoms. The van der Waals surface area contributed by atoms with Crippen LogP contribution in [-0.2, 0) is 21.4 Å². The zero-order valence-corrected chi connectivity index (χ0v) is 18.7. The van der Waals surface area contributed by atoms with Crippen LogP contribution in [-0.4, -0.2) is 50.5 Å². The molecule has 0 aliphatic carbocycles. The molecule has 8 nitrogen and oxygen atoms in total. The molecule has 3 N–H and O–H groups in total. The third kappa shape index (κ3) is 5.11. The SMILES string of the molecule is NC(=O)C1CCN(Cc2cccc(NC(=O)c3ccc(N4CCCS4(=O)=O)cc3)c2)CC1. The van der Waals surface area contributed by atoms with Crippen molar-refractivity contribution in [2.24, 2.45) is 11.7 Å². The van der Waals surface area contributed by atoms with E-state index in [4.69, 9.17) is 5.73 Å². The van der Waals surface area contributed by atoms with Crippen LogP contribution in [0.4, 0.5) is 11.4 Å². The first-order valence-electron chi connectivity index (χ1n) is 10.8. The highest BCUT2D eigenvalue weighted by molar-refractivity contribution is 7.93. The summed E-state index contributed by atoms with van der Waals surface area (Å²) in [5, 5.41) is 2.91. The van der Waals surface area contributed by atoms with Crippen LogP contribution in [0.2, 0.25) is 0 Å². The molecule has 2 aliphatic heterocycles. The molecule has 4 rings (SSSR count). The van der Waals surface area contributed by atoms with Crippen LogP contribution < -0.4 is 15.4 Å². The number of carbonyl (C=O) groups excluding carboxylic acids is 2. The molecule has 0 bridgehead atoms. The Kier molecular flexibility index (Phi) is 6.48. The second-order valence-electron chi connectivity index (χ2n) is 8.40. The monoisotopic (exact) mass is 456 g/mol. The van der Waals surface area contributed by atoms with Gasteiger partial charge in [0.05, 0.1) is 11.4 Å². The van der Waals surface area contributed by atoms with Crippen molar-refractivity contribution in [3.05, 3.63) is 59.7 Å². The summed E-state index contributed by atoms with van der Waals surface area (Å²) in [6.45, 7) is 2.86. The first-order chi connectivity index (χ1) is 15.3. The van der Waals surface area contributed by atoms with Crippen molar-refractivity contribution < 1.29 is 18.0 Å². The van der Waals surface area contributed by atoms with E-state index in [1.807, 2.05) is 24.3 Å². The molecule has 2 heterocycles. The summed E-state index contributed by atoms with van der Waals surface area (Å²) in [6, 6.07) is 14.3. The number of primary amides is 1. The average molecular weight is 457 g/mol. The smallest absolute Gasteiger partial charge is 0.255 e. The Morgan fingerprint density at radius 2 is 1.75 bits per heavy atom. The van der Waals surface area contributed by atoms with Crippen LogP contribution in [0.1, 0.15) is 35.2 Å². The predicted molar refractivity (Wildman–Crippen MR) is 124 cm³/mol. The lowest BCUT2D eigenvalue weighted by molar-refractivity contribution is -0.123. The van der Waals surface area contributed by atoms with Gasteiger partial charge in [0.25, 0.3) is 5.91 Å². The molecule has 0 aromatic heterocycles. The van der Waals surface area contributed by atoms with Crippen molar-refractivity contribution in [1.82, 2.24) is 4.90 Å². The summed E-state index contributed by atoms with van der Waals surface area (Å²) >= 11 is 0. The number of anilines is 2. The number of carbonyl (C=O) groups is 2. The Balaban J connectivity index is 1.36. The Morgan fingerprint density at radius 3 is 2.38 bits per heavy atom. The highest BCUT2D eigenvalue weighted by Crippen LogP contribution is 2.25. The number of nitrogens with two attached hydrogens (primary N) is 1. The Labute approximate surface area is 188 Å². The molecule has 0 saturated carbocycles. The third-order valence-corrected chi connectivity index (χ3v) is 7.97. The second kappa shape index (κ2) is 9.30. The number of hydrogen-bond donors (Lipinski definition) is 2. The van der Waals surface area contributed by atoms with Crippen molar-refractivity contribution in [2.45, 2.75) is 25.8 Å². The van der Waals surface area contributed by atoms with E-state index in [1.54, 1.807) is 24.3 Å². The van der Waals surface area contributed by atoms with Gasteiger partial charge in [-0.05, 0) is 74.3 Å². The second-order valence-corrected chi connectivity index (χ2v) is 10.4. The summed E-state index contributed by atoms with van der Waals surface area (Å²) in [6.07, 6.45) is 2.17. The van der Waals surface area contributed by atoms with Gasteiger partial charge in [-0.25, -0.2) is 8.42 Å². The van der Waals surface area contributed by atoms with Gasteiger partial charge in [-0.3, -0.25) is 18.8 Å². The minimum atomic E-state index is -3.24. The molecule has 2 aliphatic rings. The van der Waals surface area contributed by atoms with E-state index >= 15 is 0 Å². The minimum absolute atomic E-state index is 0.0335. The van der Waals surface area contributed by atoms with Gasteiger partial charge in [-0.2, -0.15) is 0 Å². The van der Waals surface area contributed by atoms with Gasteiger partial charge < -0.3 is 11.1 Å². The van der Waals surface area contributed by atoms with E-state index in [0.717, 1.165) is 38.0 Å². The normalized spacial score (nSPS) is 19.1. The summed E-state index contributed by atoms with van der Waals surface area (Å²) in [5.41, 5.74) is 8.23. The van der Waals surface area contributed by atoms with Gasteiger partial charge in [0.1, 0.15) is 0 Å². The van der Waals surface area contributed by atoms with Crippen molar-refractivity contribution in [3.63, 3.8) is 0 Å². The third-order valence-electron chi connectivity index (χ3n) is 6.10. The molecule has 0 unspecified atom stereocenters. The quantitative estimate of drug-likeness (QED) is 0.692. The fourth-order valence-electron chi connectivity index (χ4n) is 4.29. The fourth-order valence-corrected chi connectivity index (χ4v) is 5.86. The number of hydrogen-bond acceptors (Lipinski definition) is 5. The Bertz CT molecular complexity index is 1090. The van der Waals surface area contributed by atoms with Crippen LogP contribution >= 0.6 is 0 Å². The van der Waals surface area contributed by atoms with Gasteiger partial charge in [0.2, 0.25) is 15.9 Å². The van der Waals surface area contributed by atoms with Crippen LogP contribution in [0.5, 0.6) is 0 Å². The maximum absolute atomic E-state index is 12.7. The number of sulfonamides is 1. The lowest BCUT2D eigenvalue weighted by atomic mass is 9.96. The van der Waals surface area contributed by atoms with E-state index in [9.17, 15) is 18.0 Å². The molecule has 2 aromatic carbocycles. The zero-order chi connectivity index (χ0) is 22.7. The molecule has 0 atom stereocenters. The number of rotatable bonds is 6. The summed E-state index contributed by atoms with van der Waals surface area (Å²) in [7, 11) is -3.24. The number of nitrogens with zero attached hydrogens (tertiary/aromatic N) is 2. The lowest BCUT2D eigenvalue weighted by Crippen LogP contribution is -2.38. The van der Waals surface area contributed by atoms with E-state index in [0.29, 0.717) is 29.9 Å². The lowest BCUT2D eigenvalue weighted by Gasteiger charge is -2.30. The first-order valence-corrected chi connectivity index (χ1v) is 12.5. The molecule has 0 spiro atoms. The number of nitrogens with one attached hydrogen (secondary N) is 1. The minimum Gasteiger partial charge on any atom is -0.369 e. The van der Waals surface area contributed by atoms with Crippen LogP contribution in [0.15, 0.2) is 48.5 Å². The van der Waals surface area contributed by atoms with Crippen molar-refractivity contribution in [3.8, 4) is 0 Å². The summed E-state index contributed by atoms with van der Waals surface area (Å²) < 4.78 is 25.5. The van der Waals surface area contributed by atoms with Crippen LogP contribution in [0.3, 0.4) is 0 Å². The van der Waals surface area contributed by atoms with Crippen molar-refractivity contribution in [1.29, 1.82) is 0 Å². The van der Waals surface area contributed by atoms with Gasteiger partial charge >= 0.3 is 0 Å². The van der Waals surface area contributed by atoms with E-state index in [1.165, 1.54) is 4.31 Å². The highest BCUT2D eigenvalue weighted by atomic mass is 32.2. The summed E-state index contributed by atoms with van der Waals surface area (Å²) in [4.78, 5) is 26.3. The number of piperidine rings is 1. The maximum atomic E-state index is 12.7. The van der Waals surface area contributed by atoms with Crippen molar-refractivity contribution in [2.75, 3.05) is 35.0 Å². The van der Waals surface area contributed by atoms with Crippen molar-refractivity contribution >= 4 is 33.2 Å². The van der Waals surface area contributed by atoms with Gasteiger partial charge in [-0.15, -0.1) is 0 Å². The molecule has 2 saturated heterocycles. The summed E-state index contributed by atoms with van der Waals surface area (Å²) in [5.74, 6) is -0.340. The fraction of sp³-hybridized carbons (Fsp3) is 0.391. The maximum Gasteiger partial charge on any atom is 0.255 e. The van der Waals surface area contributed by atoms with E-state index in [-0.39, 0.29) is 23.5 Å². The average Bonchev–Trinajstić information content (AvgIpc) is 3.13. The number of amides is 2.